The lowest BCUT2D eigenvalue weighted by Gasteiger charge is -2.36. The summed E-state index contributed by atoms with van der Waals surface area (Å²) < 4.78 is 35.2. The minimum absolute atomic E-state index is 0.0438. The zero-order valence-corrected chi connectivity index (χ0v) is 18.5. The van der Waals surface area contributed by atoms with Crippen molar-refractivity contribution in [1.82, 2.24) is 30.6 Å². The highest BCUT2D eigenvalue weighted by molar-refractivity contribution is 7.80. The molecular weight excluding hydrogens is 452 g/mol. The summed E-state index contributed by atoms with van der Waals surface area (Å²) in [6.45, 7) is 1.25. The Bertz CT molecular complexity index is 1100. The molecule has 1 fully saturated rings. The number of aromatic amines is 1. The van der Waals surface area contributed by atoms with Gasteiger partial charge in [0.05, 0.1) is 12.7 Å². The molecule has 33 heavy (non-hydrogen) atoms. The fraction of sp³-hybridized carbons (Fsp3) is 0.286. The lowest BCUT2D eigenvalue weighted by molar-refractivity contribution is 0.0746. The maximum Gasteiger partial charge on any atom is 0.257 e. The molecule has 1 aliphatic heterocycles. The van der Waals surface area contributed by atoms with Crippen LogP contribution in [0.15, 0.2) is 42.9 Å². The van der Waals surface area contributed by atoms with Gasteiger partial charge in [0, 0.05) is 44.8 Å². The van der Waals surface area contributed by atoms with Crippen LogP contribution in [0.2, 0.25) is 0 Å². The van der Waals surface area contributed by atoms with Crippen molar-refractivity contribution in [2.45, 2.75) is 6.04 Å². The van der Waals surface area contributed by atoms with Gasteiger partial charge in [0.1, 0.15) is 29.1 Å². The first-order chi connectivity index (χ1) is 16.0. The van der Waals surface area contributed by atoms with Crippen LogP contribution in [0.5, 0.6) is 0 Å². The normalized spacial score (nSPS) is 14.6. The molecule has 1 amide bonds. The fourth-order valence-electron chi connectivity index (χ4n) is 3.72. The summed E-state index contributed by atoms with van der Waals surface area (Å²) in [5.41, 5.74) is 1.00. The van der Waals surface area contributed by atoms with Gasteiger partial charge in [-0.15, -0.1) is 5.10 Å². The molecule has 2 aromatic heterocycles. The average molecular weight is 474 g/mol. The second kappa shape index (κ2) is 9.86. The number of piperazine rings is 1. The molecule has 1 atom stereocenters. The van der Waals surface area contributed by atoms with Crippen LogP contribution in [0, 0.1) is 11.6 Å². The van der Waals surface area contributed by atoms with E-state index in [1.54, 1.807) is 28.1 Å². The summed E-state index contributed by atoms with van der Waals surface area (Å²) in [5.74, 6) is -1.61. The molecule has 12 heteroatoms. The summed E-state index contributed by atoms with van der Waals surface area (Å²) in [6, 6.07) is 5.08. The number of hydrogen-bond acceptors (Lipinski definition) is 7. The molecule has 0 aliphatic carbocycles. The highest BCUT2D eigenvalue weighted by Gasteiger charge is 2.28. The second-order valence-corrected chi connectivity index (χ2v) is 7.69. The third-order valence-corrected chi connectivity index (χ3v) is 5.63. The van der Waals surface area contributed by atoms with Crippen molar-refractivity contribution < 1.29 is 18.3 Å². The van der Waals surface area contributed by atoms with Gasteiger partial charge in [-0.3, -0.25) is 14.9 Å². The largest absolute Gasteiger partial charge is 0.474 e. The maximum atomic E-state index is 15.1. The first kappa shape index (κ1) is 22.5. The van der Waals surface area contributed by atoms with Crippen molar-refractivity contribution in [3.63, 3.8) is 0 Å². The van der Waals surface area contributed by atoms with E-state index in [2.05, 4.69) is 25.7 Å². The van der Waals surface area contributed by atoms with E-state index in [4.69, 9.17) is 17.0 Å². The number of carbonyl (C=O) groups excluding carboxylic acids is 1. The summed E-state index contributed by atoms with van der Waals surface area (Å²) in [4.78, 5) is 19.8. The Hall–Kier alpha value is -3.67. The van der Waals surface area contributed by atoms with Gasteiger partial charge in [-0.1, -0.05) is 5.21 Å². The molecule has 4 rings (SSSR count). The Kier molecular flexibility index (Phi) is 6.73. The van der Waals surface area contributed by atoms with E-state index in [1.165, 1.54) is 31.6 Å². The number of H-pyrrole nitrogens is 1. The van der Waals surface area contributed by atoms with E-state index in [9.17, 15) is 4.79 Å². The van der Waals surface area contributed by atoms with Crippen molar-refractivity contribution >= 4 is 29.0 Å². The monoisotopic (exact) mass is 473 g/mol. The average Bonchev–Trinajstić information content (AvgIpc) is 3.37. The summed E-state index contributed by atoms with van der Waals surface area (Å²) in [5, 5.41) is 13.0. The van der Waals surface area contributed by atoms with E-state index in [0.29, 0.717) is 24.3 Å². The minimum atomic E-state index is -0.761. The number of anilines is 1. The van der Waals surface area contributed by atoms with Gasteiger partial charge in [0.2, 0.25) is 0 Å². The molecule has 3 heterocycles. The number of ether oxygens (including phenoxy) is 1. The molecule has 0 saturated carbocycles. The van der Waals surface area contributed by atoms with Crippen LogP contribution in [0.25, 0.3) is 0 Å². The topological polar surface area (TPSA) is 99.3 Å². The highest BCUT2D eigenvalue weighted by atomic mass is 32.1. The van der Waals surface area contributed by atoms with Gasteiger partial charge in [-0.25, -0.2) is 8.78 Å². The molecule has 0 spiro atoms. The molecule has 1 unspecified atom stereocenters. The lowest BCUT2D eigenvalue weighted by Crippen LogP contribution is -2.49. The molecule has 3 aromatic rings. The van der Waals surface area contributed by atoms with Crippen LogP contribution in [0.1, 0.15) is 27.7 Å². The van der Waals surface area contributed by atoms with E-state index >= 15 is 8.78 Å². The van der Waals surface area contributed by atoms with Crippen molar-refractivity contribution in [3.8, 4) is 0 Å². The SMILES string of the molecule is COC(=S)NC(c1cc(F)c(N2CCN(C(=O)c3cccnc3)CC2)c(F)c1)c1c[nH]nn1. The van der Waals surface area contributed by atoms with Crippen LogP contribution in [0.4, 0.5) is 14.5 Å². The van der Waals surface area contributed by atoms with E-state index in [0.717, 1.165) is 0 Å². The van der Waals surface area contributed by atoms with Crippen LogP contribution in [0.3, 0.4) is 0 Å². The quantitative estimate of drug-likeness (QED) is 0.544. The van der Waals surface area contributed by atoms with Crippen molar-refractivity contribution in [1.29, 1.82) is 0 Å². The molecule has 1 aromatic carbocycles. The zero-order valence-electron chi connectivity index (χ0n) is 17.7. The molecular formula is C21H21F2N7O2S. The Balaban J connectivity index is 1.52. The molecule has 9 nitrogen and oxygen atoms in total. The number of methoxy groups -OCH3 is 1. The third-order valence-electron chi connectivity index (χ3n) is 5.34. The third kappa shape index (κ3) is 4.90. The van der Waals surface area contributed by atoms with Crippen molar-refractivity contribution in [2.75, 3.05) is 38.2 Å². The molecule has 1 aliphatic rings. The number of pyridine rings is 1. The first-order valence-electron chi connectivity index (χ1n) is 10.1. The number of amides is 1. The molecule has 172 valence electrons. The maximum absolute atomic E-state index is 15.1. The van der Waals surface area contributed by atoms with Gasteiger partial charge < -0.3 is 19.9 Å². The summed E-state index contributed by atoms with van der Waals surface area (Å²) >= 11 is 5.04. The van der Waals surface area contributed by atoms with Gasteiger partial charge in [0.15, 0.2) is 0 Å². The van der Waals surface area contributed by atoms with Crippen LogP contribution < -0.4 is 10.2 Å². The predicted molar refractivity (Wildman–Crippen MR) is 120 cm³/mol. The number of aromatic nitrogens is 4. The second-order valence-electron chi connectivity index (χ2n) is 7.32. The van der Waals surface area contributed by atoms with Gasteiger partial charge in [-0.2, -0.15) is 0 Å². The zero-order chi connectivity index (χ0) is 23.4. The first-order valence-corrected chi connectivity index (χ1v) is 10.5. The van der Waals surface area contributed by atoms with E-state index in [-0.39, 0.29) is 35.4 Å². The van der Waals surface area contributed by atoms with E-state index in [1.807, 2.05) is 0 Å². The number of carbonyl (C=O) groups is 1. The lowest BCUT2D eigenvalue weighted by atomic mass is 10.0. The van der Waals surface area contributed by atoms with Crippen molar-refractivity contribution in [2.24, 2.45) is 0 Å². The Morgan fingerprint density at radius 1 is 1.24 bits per heavy atom. The molecule has 0 bridgehead atoms. The Morgan fingerprint density at radius 3 is 2.55 bits per heavy atom. The van der Waals surface area contributed by atoms with Gasteiger partial charge >= 0.3 is 0 Å². The molecule has 2 N–H and O–H groups in total. The molecule has 0 radical (unpaired) electrons. The van der Waals surface area contributed by atoms with Crippen LogP contribution in [-0.2, 0) is 4.74 Å². The Morgan fingerprint density at radius 2 is 1.97 bits per heavy atom. The molecule has 1 saturated heterocycles. The number of thiocarbonyl (C=S) groups is 1. The number of nitrogens with one attached hydrogen (secondary N) is 2. The number of hydrogen-bond donors (Lipinski definition) is 2. The van der Waals surface area contributed by atoms with Gasteiger partial charge in [-0.05, 0) is 42.0 Å². The fourth-order valence-corrected chi connectivity index (χ4v) is 3.83. The smallest absolute Gasteiger partial charge is 0.257 e. The summed E-state index contributed by atoms with van der Waals surface area (Å²) in [6.07, 6.45) is 4.59. The highest BCUT2D eigenvalue weighted by Crippen LogP contribution is 2.30. The van der Waals surface area contributed by atoms with E-state index < -0.39 is 17.7 Å². The van der Waals surface area contributed by atoms with Crippen molar-refractivity contribution in [3.05, 3.63) is 71.3 Å². The standard InChI is InChI=1S/C21H21F2N7O2S/c1-32-21(33)26-18(17-12-25-28-27-17)14-9-15(22)19(16(23)10-14)29-5-7-30(8-6-29)20(31)13-3-2-4-24-11-13/h2-4,9-12,18H,5-8H2,1H3,(H,26,33)(H,25,27,28). The predicted octanol–water partition coefficient (Wildman–Crippen LogP) is 2.05. The summed E-state index contributed by atoms with van der Waals surface area (Å²) in [7, 11) is 1.39. The van der Waals surface area contributed by atoms with Gasteiger partial charge in [0.25, 0.3) is 11.1 Å². The number of rotatable bonds is 5. The number of nitrogens with zero attached hydrogens (tertiary/aromatic N) is 5. The van der Waals surface area contributed by atoms with Crippen LogP contribution >= 0.6 is 12.2 Å². The van der Waals surface area contributed by atoms with Crippen LogP contribution in [-0.4, -0.2) is 69.7 Å². The minimum Gasteiger partial charge on any atom is -0.474 e. The Labute approximate surface area is 193 Å². The number of benzene rings is 1. The number of halogens is 2.